The molecule has 0 aliphatic heterocycles. The zero-order valence-electron chi connectivity index (χ0n) is 13.1. The van der Waals surface area contributed by atoms with E-state index in [0.717, 1.165) is 19.3 Å². The summed E-state index contributed by atoms with van der Waals surface area (Å²) in [4.78, 5) is 24.0. The van der Waals surface area contributed by atoms with Gasteiger partial charge in [0.05, 0.1) is 11.5 Å². The number of carbonyl (C=O) groups is 2. The highest BCUT2D eigenvalue weighted by Crippen LogP contribution is 2.23. The van der Waals surface area contributed by atoms with Crippen molar-refractivity contribution in [3.63, 3.8) is 0 Å². The van der Waals surface area contributed by atoms with Crippen LogP contribution in [0.2, 0.25) is 5.02 Å². The van der Waals surface area contributed by atoms with Crippen molar-refractivity contribution in [1.29, 1.82) is 0 Å². The van der Waals surface area contributed by atoms with E-state index in [9.17, 15) is 9.59 Å². The molecule has 2 atom stereocenters. The second kappa shape index (κ2) is 9.30. The van der Waals surface area contributed by atoms with Crippen LogP contribution in [-0.4, -0.2) is 35.8 Å². The fourth-order valence-corrected chi connectivity index (χ4v) is 3.73. The van der Waals surface area contributed by atoms with Crippen molar-refractivity contribution in [3.05, 3.63) is 34.9 Å². The van der Waals surface area contributed by atoms with Gasteiger partial charge in [0.25, 0.3) is 0 Å². The smallest absolute Gasteiger partial charge is 0.230 e. The quantitative estimate of drug-likeness (QED) is 0.738. The molecular formula is C17H23ClN2O2S. The van der Waals surface area contributed by atoms with Crippen molar-refractivity contribution >= 4 is 35.1 Å². The molecule has 1 aromatic rings. The fraction of sp³-hybridized carbons (Fsp3) is 0.529. The van der Waals surface area contributed by atoms with Crippen molar-refractivity contribution in [1.82, 2.24) is 5.32 Å². The molecule has 2 rings (SSSR count). The number of hydrogen-bond donors (Lipinski definition) is 2. The van der Waals surface area contributed by atoms with Crippen molar-refractivity contribution in [2.24, 2.45) is 11.7 Å². The van der Waals surface area contributed by atoms with Gasteiger partial charge in [0.1, 0.15) is 0 Å². The number of ketones is 1. The van der Waals surface area contributed by atoms with Gasteiger partial charge in [0.2, 0.25) is 5.91 Å². The van der Waals surface area contributed by atoms with E-state index in [0.29, 0.717) is 34.6 Å². The maximum Gasteiger partial charge on any atom is 0.230 e. The minimum Gasteiger partial charge on any atom is -0.352 e. The van der Waals surface area contributed by atoms with Gasteiger partial charge in [-0.1, -0.05) is 24.4 Å². The highest BCUT2D eigenvalue weighted by molar-refractivity contribution is 8.00. The first-order valence-corrected chi connectivity index (χ1v) is 9.49. The van der Waals surface area contributed by atoms with Gasteiger partial charge in [-0.2, -0.15) is 0 Å². The van der Waals surface area contributed by atoms with Crippen LogP contribution in [0.5, 0.6) is 0 Å². The van der Waals surface area contributed by atoms with Crippen LogP contribution < -0.4 is 11.1 Å². The van der Waals surface area contributed by atoms with Crippen molar-refractivity contribution in [2.45, 2.75) is 31.7 Å². The average molecular weight is 355 g/mol. The number of hydrogen-bond acceptors (Lipinski definition) is 4. The predicted octanol–water partition coefficient (Wildman–Crippen LogP) is 2.89. The number of thioether (sulfide) groups is 1. The Hall–Kier alpha value is -1.04. The Kier molecular flexibility index (Phi) is 7.40. The molecule has 1 fully saturated rings. The maximum absolute atomic E-state index is 12.0. The molecule has 2 unspecified atom stereocenters. The summed E-state index contributed by atoms with van der Waals surface area (Å²) in [7, 11) is 0. The molecule has 0 bridgehead atoms. The van der Waals surface area contributed by atoms with Gasteiger partial charge in [-0.05, 0) is 49.6 Å². The Bertz CT molecular complexity index is 536. The van der Waals surface area contributed by atoms with Gasteiger partial charge in [-0.25, -0.2) is 0 Å². The van der Waals surface area contributed by atoms with E-state index >= 15 is 0 Å². The van der Waals surface area contributed by atoms with Crippen LogP contribution in [0.15, 0.2) is 24.3 Å². The van der Waals surface area contributed by atoms with Crippen LogP contribution in [-0.2, 0) is 4.79 Å². The number of nitrogens with two attached hydrogens (primary N) is 1. The summed E-state index contributed by atoms with van der Waals surface area (Å²) in [6.07, 6.45) is 4.42. The first kappa shape index (κ1) is 18.3. The van der Waals surface area contributed by atoms with Gasteiger partial charge < -0.3 is 11.1 Å². The first-order chi connectivity index (χ1) is 11.1. The topological polar surface area (TPSA) is 72.2 Å². The van der Waals surface area contributed by atoms with E-state index in [1.54, 1.807) is 24.3 Å². The molecule has 1 saturated carbocycles. The molecule has 1 aliphatic carbocycles. The number of carbonyl (C=O) groups excluding carboxylic acids is 2. The third-order valence-electron chi connectivity index (χ3n) is 4.19. The molecule has 1 aliphatic rings. The number of halogens is 1. The Balaban J connectivity index is 1.72. The molecule has 0 heterocycles. The molecule has 1 amide bonds. The third kappa shape index (κ3) is 5.83. The van der Waals surface area contributed by atoms with Gasteiger partial charge in [-0.15, -0.1) is 11.8 Å². The molecule has 0 aromatic heterocycles. The lowest BCUT2D eigenvalue weighted by Gasteiger charge is -2.31. The summed E-state index contributed by atoms with van der Waals surface area (Å²) in [6, 6.07) is 7.00. The molecule has 3 N–H and O–H groups in total. The van der Waals surface area contributed by atoms with E-state index in [1.807, 2.05) is 0 Å². The molecular weight excluding hydrogens is 332 g/mol. The fourth-order valence-electron chi connectivity index (χ4n) is 2.88. The van der Waals surface area contributed by atoms with Crippen molar-refractivity contribution in [3.8, 4) is 0 Å². The zero-order valence-corrected chi connectivity index (χ0v) is 14.7. The molecule has 6 heteroatoms. The van der Waals surface area contributed by atoms with E-state index < -0.39 is 0 Å². The summed E-state index contributed by atoms with van der Waals surface area (Å²) in [5.41, 5.74) is 6.40. The Morgan fingerprint density at radius 2 is 1.87 bits per heavy atom. The van der Waals surface area contributed by atoms with Crippen LogP contribution in [0.1, 0.15) is 36.0 Å². The monoisotopic (exact) mass is 354 g/mol. The Morgan fingerprint density at radius 1 is 1.17 bits per heavy atom. The minimum absolute atomic E-state index is 0.00995. The van der Waals surface area contributed by atoms with Gasteiger partial charge in [-0.3, -0.25) is 9.59 Å². The molecule has 0 spiro atoms. The summed E-state index contributed by atoms with van der Waals surface area (Å²) < 4.78 is 0. The lowest BCUT2D eigenvalue weighted by molar-refractivity contribution is -0.119. The Morgan fingerprint density at radius 3 is 2.57 bits per heavy atom. The highest BCUT2D eigenvalue weighted by Gasteiger charge is 2.25. The van der Waals surface area contributed by atoms with Crippen LogP contribution in [0.3, 0.4) is 0 Å². The molecule has 0 saturated heterocycles. The third-order valence-corrected chi connectivity index (χ3v) is 5.38. The van der Waals surface area contributed by atoms with E-state index in [-0.39, 0.29) is 17.7 Å². The molecule has 23 heavy (non-hydrogen) atoms. The van der Waals surface area contributed by atoms with Crippen molar-refractivity contribution < 1.29 is 9.59 Å². The molecule has 0 radical (unpaired) electrons. The maximum atomic E-state index is 12.0. The lowest BCUT2D eigenvalue weighted by atomic mass is 9.84. The minimum atomic E-state index is -0.00995. The van der Waals surface area contributed by atoms with Gasteiger partial charge in [0.15, 0.2) is 5.78 Å². The summed E-state index contributed by atoms with van der Waals surface area (Å²) in [6.45, 7) is 0.618. The van der Waals surface area contributed by atoms with E-state index in [1.165, 1.54) is 18.2 Å². The normalized spacial score (nSPS) is 21.0. The predicted molar refractivity (Wildman–Crippen MR) is 96.1 cm³/mol. The molecule has 126 valence electrons. The lowest BCUT2D eigenvalue weighted by Crippen LogP contribution is -2.45. The molecule has 1 aromatic carbocycles. The molecule has 4 nitrogen and oxygen atoms in total. The number of Topliss-reactive ketones (excluding diaryl/α,β-unsaturated/α-hetero) is 1. The summed E-state index contributed by atoms with van der Waals surface area (Å²) >= 11 is 7.14. The summed E-state index contributed by atoms with van der Waals surface area (Å²) in [5.74, 6) is 0.974. The number of nitrogens with one attached hydrogen (secondary N) is 1. The van der Waals surface area contributed by atoms with Crippen LogP contribution in [0.4, 0.5) is 0 Å². The largest absolute Gasteiger partial charge is 0.352 e. The average Bonchev–Trinajstić information content (AvgIpc) is 2.56. The van der Waals surface area contributed by atoms with Gasteiger partial charge >= 0.3 is 0 Å². The first-order valence-electron chi connectivity index (χ1n) is 7.96. The SMILES string of the molecule is NCC1CCCCC1NC(=O)CSCC(=O)c1ccc(Cl)cc1. The summed E-state index contributed by atoms with van der Waals surface area (Å²) in [5, 5.41) is 3.68. The number of amides is 1. The zero-order chi connectivity index (χ0) is 16.7. The standard InChI is InChI=1S/C17H23ClN2O2S/c18-14-7-5-12(6-8-14)16(21)10-23-11-17(22)20-15-4-2-1-3-13(15)9-19/h5-8,13,15H,1-4,9-11,19H2,(H,20,22). The second-order valence-corrected chi connectivity index (χ2v) is 7.30. The van der Waals surface area contributed by atoms with Crippen LogP contribution in [0, 0.1) is 5.92 Å². The van der Waals surface area contributed by atoms with E-state index in [4.69, 9.17) is 17.3 Å². The second-order valence-electron chi connectivity index (χ2n) is 5.88. The number of benzene rings is 1. The van der Waals surface area contributed by atoms with Crippen LogP contribution >= 0.6 is 23.4 Å². The van der Waals surface area contributed by atoms with Crippen LogP contribution in [0.25, 0.3) is 0 Å². The number of rotatable bonds is 7. The van der Waals surface area contributed by atoms with Gasteiger partial charge in [0, 0.05) is 16.6 Å². The highest BCUT2D eigenvalue weighted by atomic mass is 35.5. The van der Waals surface area contributed by atoms with E-state index in [2.05, 4.69) is 5.32 Å². The Labute approximate surface area is 146 Å². The van der Waals surface area contributed by atoms with Crippen molar-refractivity contribution in [2.75, 3.05) is 18.1 Å².